The molecule has 37 heavy (non-hydrogen) atoms. The fourth-order valence-electron chi connectivity index (χ4n) is 3.84. The summed E-state index contributed by atoms with van der Waals surface area (Å²) in [5.74, 6) is 6.18. The van der Waals surface area contributed by atoms with E-state index in [4.69, 9.17) is 14.2 Å². The van der Waals surface area contributed by atoms with Gasteiger partial charge in [-0.1, -0.05) is 18.8 Å². The zero-order chi connectivity index (χ0) is 26.9. The highest BCUT2D eigenvalue weighted by Gasteiger charge is 2.34. The van der Waals surface area contributed by atoms with Gasteiger partial charge >= 0.3 is 6.03 Å². The van der Waals surface area contributed by atoms with Crippen LogP contribution in [-0.4, -0.2) is 91.5 Å². The quantitative estimate of drug-likeness (QED) is 0.550. The van der Waals surface area contributed by atoms with E-state index in [-0.39, 0.29) is 49.1 Å². The highest BCUT2D eigenvalue weighted by atomic mass is 16.5. The Morgan fingerprint density at radius 1 is 1.35 bits per heavy atom. The smallest absolute Gasteiger partial charge is 0.321 e. The molecule has 0 bridgehead atoms. The van der Waals surface area contributed by atoms with Crippen LogP contribution in [0.25, 0.3) is 0 Å². The molecule has 0 saturated heterocycles. The first-order valence-corrected chi connectivity index (χ1v) is 12.0. The minimum Gasteiger partial charge on any atom is -0.497 e. The second kappa shape index (κ2) is 12.9. The Balaban J connectivity index is 1.84. The molecular weight excluding hydrogens is 476 g/mol. The summed E-state index contributed by atoms with van der Waals surface area (Å²) in [5.41, 5.74) is 1.43. The number of fused-ring (bicyclic) bond motifs is 1. The summed E-state index contributed by atoms with van der Waals surface area (Å²) in [7, 11) is 4.81. The minimum absolute atomic E-state index is 0.162. The van der Waals surface area contributed by atoms with Crippen molar-refractivity contribution in [1.29, 1.82) is 0 Å². The van der Waals surface area contributed by atoms with Gasteiger partial charge in [0.25, 0.3) is 5.91 Å². The number of nitrogens with one attached hydrogen (secondary N) is 1. The molecule has 0 spiro atoms. The van der Waals surface area contributed by atoms with Crippen molar-refractivity contribution >= 4 is 17.6 Å². The van der Waals surface area contributed by atoms with Gasteiger partial charge in [-0.05, 0) is 37.3 Å². The molecule has 1 aliphatic rings. The van der Waals surface area contributed by atoms with Crippen molar-refractivity contribution < 1.29 is 28.9 Å². The maximum Gasteiger partial charge on any atom is 0.321 e. The third-order valence-corrected chi connectivity index (χ3v) is 6.11. The van der Waals surface area contributed by atoms with E-state index < -0.39 is 12.1 Å². The molecule has 1 aromatic carbocycles. The molecule has 0 aliphatic carbocycles. The summed E-state index contributed by atoms with van der Waals surface area (Å²) in [4.78, 5) is 33.8. The molecule has 3 atom stereocenters. The Morgan fingerprint density at radius 2 is 2.08 bits per heavy atom. The Kier molecular flexibility index (Phi) is 9.71. The van der Waals surface area contributed by atoms with Gasteiger partial charge in [-0.25, -0.2) is 9.78 Å². The van der Waals surface area contributed by atoms with Crippen molar-refractivity contribution in [3.63, 3.8) is 0 Å². The molecule has 0 radical (unpaired) electrons. The van der Waals surface area contributed by atoms with Crippen LogP contribution in [0.3, 0.4) is 0 Å². The molecule has 0 fully saturated rings. The number of hydrogen-bond donors (Lipinski definition) is 2. The molecule has 2 N–H and O–H groups in total. The number of ether oxygens (including phenoxy) is 3. The number of rotatable bonds is 7. The zero-order valence-corrected chi connectivity index (χ0v) is 21.9. The lowest BCUT2D eigenvalue weighted by Gasteiger charge is -2.37. The van der Waals surface area contributed by atoms with Crippen molar-refractivity contribution in [1.82, 2.24) is 14.8 Å². The molecule has 1 aliphatic heterocycles. The fourth-order valence-corrected chi connectivity index (χ4v) is 3.84. The van der Waals surface area contributed by atoms with E-state index in [1.807, 2.05) is 6.92 Å². The van der Waals surface area contributed by atoms with Crippen LogP contribution in [0.1, 0.15) is 29.8 Å². The number of benzene rings is 1. The number of likely N-dealkylation sites (N-methyl/N-ethyl adjacent to an activating group) is 1. The topological polar surface area (TPSA) is 113 Å². The average Bonchev–Trinajstić information content (AvgIpc) is 2.90. The Labute approximate surface area is 217 Å². The number of anilines is 1. The standard InChI is InChI=1S/C27H34N4O6/c1-18-15-31(19(2)17-32)26(33)23-13-20(7-6-12-35-4)14-28-25(23)37-24(18)16-30(3)27(34)29-21-8-10-22(36-5)11-9-21/h8-11,13-14,18-19,24,32H,12,15-17H2,1-5H3,(H,29,34)/t18-,19+,24+/m0/s1. The van der Waals surface area contributed by atoms with Gasteiger partial charge in [-0.2, -0.15) is 0 Å². The van der Waals surface area contributed by atoms with Crippen molar-refractivity contribution in [2.45, 2.75) is 26.0 Å². The summed E-state index contributed by atoms with van der Waals surface area (Å²) >= 11 is 0. The third-order valence-electron chi connectivity index (χ3n) is 6.11. The lowest BCUT2D eigenvalue weighted by atomic mass is 10.00. The van der Waals surface area contributed by atoms with E-state index in [0.29, 0.717) is 23.5 Å². The monoisotopic (exact) mass is 510 g/mol. The normalized spacial score (nSPS) is 17.8. The van der Waals surface area contributed by atoms with Crippen molar-refractivity contribution in [2.75, 3.05) is 52.9 Å². The molecule has 3 rings (SSSR count). The molecule has 2 aromatic rings. The van der Waals surface area contributed by atoms with E-state index in [0.717, 1.165) is 0 Å². The van der Waals surface area contributed by atoms with Crippen molar-refractivity contribution in [3.8, 4) is 23.5 Å². The molecule has 198 valence electrons. The van der Waals surface area contributed by atoms with Gasteiger partial charge < -0.3 is 34.4 Å². The van der Waals surface area contributed by atoms with E-state index in [2.05, 4.69) is 22.1 Å². The predicted molar refractivity (Wildman–Crippen MR) is 139 cm³/mol. The van der Waals surface area contributed by atoms with Crippen LogP contribution in [0, 0.1) is 17.8 Å². The molecule has 0 unspecified atom stereocenters. The first kappa shape index (κ1) is 27.8. The molecule has 10 heteroatoms. The van der Waals surface area contributed by atoms with Crippen LogP contribution >= 0.6 is 0 Å². The number of carbonyl (C=O) groups is 2. The zero-order valence-electron chi connectivity index (χ0n) is 21.9. The molecular formula is C27H34N4O6. The molecule has 2 heterocycles. The number of carbonyl (C=O) groups excluding carboxylic acids is 2. The number of nitrogens with zero attached hydrogens (tertiary/aromatic N) is 3. The highest BCUT2D eigenvalue weighted by molar-refractivity contribution is 5.97. The lowest BCUT2D eigenvalue weighted by molar-refractivity contribution is 0.0356. The molecule has 10 nitrogen and oxygen atoms in total. The van der Waals surface area contributed by atoms with Gasteiger partial charge in [0, 0.05) is 44.1 Å². The van der Waals surface area contributed by atoms with Gasteiger partial charge in [-0.15, -0.1) is 0 Å². The van der Waals surface area contributed by atoms with E-state index in [1.165, 1.54) is 11.1 Å². The number of hydrogen-bond acceptors (Lipinski definition) is 7. The summed E-state index contributed by atoms with van der Waals surface area (Å²) in [6.07, 6.45) is 1.07. The molecule has 0 saturated carbocycles. The second-order valence-electron chi connectivity index (χ2n) is 8.97. The van der Waals surface area contributed by atoms with Crippen LogP contribution in [0.4, 0.5) is 10.5 Å². The summed E-state index contributed by atoms with van der Waals surface area (Å²) in [6, 6.07) is 7.95. The van der Waals surface area contributed by atoms with Crippen LogP contribution in [0.15, 0.2) is 36.5 Å². The SMILES string of the molecule is COCC#Cc1cnc2c(c1)C(=O)N([C@H](C)CO)C[C@H](C)[C@@H](CN(C)C(=O)Nc1ccc(OC)cc1)O2. The van der Waals surface area contributed by atoms with Crippen LogP contribution in [-0.2, 0) is 4.74 Å². The maximum atomic E-state index is 13.4. The summed E-state index contributed by atoms with van der Waals surface area (Å²) < 4.78 is 16.3. The summed E-state index contributed by atoms with van der Waals surface area (Å²) in [5, 5.41) is 12.7. The maximum absolute atomic E-state index is 13.4. The Morgan fingerprint density at radius 3 is 2.73 bits per heavy atom. The van der Waals surface area contributed by atoms with Gasteiger partial charge in [0.2, 0.25) is 5.88 Å². The van der Waals surface area contributed by atoms with Gasteiger partial charge in [0.1, 0.15) is 24.0 Å². The van der Waals surface area contributed by atoms with Crippen LogP contribution in [0.5, 0.6) is 11.6 Å². The molecule has 1 aromatic heterocycles. The van der Waals surface area contributed by atoms with Gasteiger partial charge in [0.15, 0.2) is 0 Å². The number of aliphatic hydroxyl groups is 1. The number of aromatic nitrogens is 1. The summed E-state index contributed by atoms with van der Waals surface area (Å²) in [6.45, 7) is 4.36. The van der Waals surface area contributed by atoms with E-state index in [9.17, 15) is 14.7 Å². The van der Waals surface area contributed by atoms with Crippen molar-refractivity contribution in [2.24, 2.45) is 5.92 Å². The van der Waals surface area contributed by atoms with Gasteiger partial charge in [0.05, 0.1) is 26.3 Å². The number of aliphatic hydroxyl groups excluding tert-OH is 1. The molecule has 3 amide bonds. The number of pyridine rings is 1. The highest BCUT2D eigenvalue weighted by Crippen LogP contribution is 2.27. The van der Waals surface area contributed by atoms with Crippen LogP contribution in [0.2, 0.25) is 0 Å². The minimum atomic E-state index is -0.468. The Hall–Kier alpha value is -3.81. The number of amides is 3. The first-order valence-electron chi connectivity index (χ1n) is 12.0. The fraction of sp³-hybridized carbons (Fsp3) is 0.444. The largest absolute Gasteiger partial charge is 0.497 e. The number of methoxy groups -OCH3 is 2. The van der Waals surface area contributed by atoms with E-state index >= 15 is 0 Å². The van der Waals surface area contributed by atoms with Crippen LogP contribution < -0.4 is 14.8 Å². The van der Waals surface area contributed by atoms with Gasteiger partial charge in [-0.3, -0.25) is 4.79 Å². The third kappa shape index (κ3) is 7.12. The van der Waals surface area contributed by atoms with Crippen molar-refractivity contribution in [3.05, 3.63) is 47.7 Å². The second-order valence-corrected chi connectivity index (χ2v) is 8.97. The predicted octanol–water partition coefficient (Wildman–Crippen LogP) is 2.47. The number of urea groups is 1. The van der Waals surface area contributed by atoms with E-state index in [1.54, 1.807) is 63.4 Å². The average molecular weight is 511 g/mol. The lowest BCUT2D eigenvalue weighted by Crippen LogP contribution is -2.50. The Bertz CT molecular complexity index is 1140. The first-order chi connectivity index (χ1) is 17.8.